The molecular weight excluding hydrogens is 482 g/mol. The quantitative estimate of drug-likeness (QED) is 0.191. The highest BCUT2D eigenvalue weighted by molar-refractivity contribution is 8.27. The molecule has 8 heteroatoms. The van der Waals surface area contributed by atoms with E-state index in [9.17, 15) is 4.79 Å². The monoisotopic (exact) mass is 507 g/mol. The topological polar surface area (TPSA) is 57.2 Å². The fraction of sp³-hybridized carbons (Fsp3) is 0.185. The number of thioether (sulfide) groups is 1. The van der Waals surface area contributed by atoms with E-state index in [0.717, 1.165) is 17.0 Å². The number of para-hydroxylation sites is 2. The number of hydrogen-bond donors (Lipinski definition) is 0. The van der Waals surface area contributed by atoms with Gasteiger partial charge in [0.05, 0.1) is 30.9 Å². The van der Waals surface area contributed by atoms with Crippen molar-refractivity contribution in [2.24, 2.45) is 0 Å². The molecule has 0 aromatic heterocycles. The van der Waals surface area contributed by atoms with E-state index >= 15 is 0 Å². The van der Waals surface area contributed by atoms with Crippen molar-refractivity contribution >= 4 is 46.0 Å². The molecule has 6 nitrogen and oxygen atoms in total. The fourth-order valence-corrected chi connectivity index (χ4v) is 4.66. The van der Waals surface area contributed by atoms with Crippen molar-refractivity contribution < 1.29 is 23.7 Å². The van der Waals surface area contributed by atoms with E-state index in [4.69, 9.17) is 31.2 Å². The molecule has 0 saturated carbocycles. The second kappa shape index (κ2) is 12.4. The Morgan fingerprint density at radius 1 is 0.857 bits per heavy atom. The number of amides is 1. The number of methoxy groups -OCH3 is 1. The minimum absolute atomic E-state index is 0.140. The maximum Gasteiger partial charge on any atom is 0.270 e. The number of anilines is 1. The molecule has 1 aliphatic heterocycles. The van der Waals surface area contributed by atoms with Gasteiger partial charge >= 0.3 is 0 Å². The lowest BCUT2D eigenvalue weighted by Crippen LogP contribution is -2.27. The molecule has 0 spiro atoms. The molecular formula is C27H25NO5S2. The maximum atomic E-state index is 12.9. The summed E-state index contributed by atoms with van der Waals surface area (Å²) in [5.74, 6) is 1.86. The molecule has 0 N–H and O–H groups in total. The normalized spacial score (nSPS) is 14.4. The van der Waals surface area contributed by atoms with Crippen LogP contribution in [0.5, 0.6) is 17.2 Å². The first-order valence-electron chi connectivity index (χ1n) is 11.0. The van der Waals surface area contributed by atoms with Gasteiger partial charge < -0.3 is 18.9 Å². The van der Waals surface area contributed by atoms with Gasteiger partial charge in [0, 0.05) is 0 Å². The first kappa shape index (κ1) is 24.8. The Hall–Kier alpha value is -3.33. The number of ether oxygens (including phenoxy) is 4. The van der Waals surface area contributed by atoms with Crippen molar-refractivity contribution in [2.45, 2.75) is 0 Å². The summed E-state index contributed by atoms with van der Waals surface area (Å²) in [6.07, 6.45) is 1.81. The molecule has 0 bridgehead atoms. The Bertz CT molecular complexity index is 1180. The first-order valence-corrected chi connectivity index (χ1v) is 12.3. The number of benzene rings is 3. The van der Waals surface area contributed by atoms with E-state index in [1.165, 1.54) is 11.8 Å². The Labute approximate surface area is 214 Å². The van der Waals surface area contributed by atoms with E-state index in [-0.39, 0.29) is 5.91 Å². The highest BCUT2D eigenvalue weighted by Gasteiger charge is 2.33. The van der Waals surface area contributed by atoms with E-state index in [1.807, 2.05) is 84.9 Å². The van der Waals surface area contributed by atoms with Gasteiger partial charge in [-0.15, -0.1) is 0 Å². The highest BCUT2D eigenvalue weighted by atomic mass is 32.2. The second-order valence-corrected chi connectivity index (χ2v) is 9.06. The summed E-state index contributed by atoms with van der Waals surface area (Å²) in [6.45, 7) is 1.73. The zero-order chi connectivity index (χ0) is 24.5. The lowest BCUT2D eigenvalue weighted by Gasteiger charge is -2.14. The Morgan fingerprint density at radius 3 is 2.26 bits per heavy atom. The standard InChI is InChI=1S/C27H25NO5S2/c1-30-24-18-20(19-25-26(29)28(27(34)35-25)21-8-4-2-5-9-21)12-13-23(24)33-17-15-31-14-16-32-22-10-6-3-7-11-22/h2-13,18-19H,14-17H2,1H3/b25-19+. The van der Waals surface area contributed by atoms with Crippen LogP contribution in [0.4, 0.5) is 5.69 Å². The van der Waals surface area contributed by atoms with Gasteiger partial charge in [-0.3, -0.25) is 9.69 Å². The van der Waals surface area contributed by atoms with Gasteiger partial charge in [0.15, 0.2) is 15.8 Å². The van der Waals surface area contributed by atoms with Crippen molar-refractivity contribution in [1.29, 1.82) is 0 Å². The van der Waals surface area contributed by atoms with Crippen LogP contribution < -0.4 is 19.1 Å². The number of hydrogen-bond acceptors (Lipinski definition) is 7. The largest absolute Gasteiger partial charge is 0.493 e. The predicted molar refractivity (Wildman–Crippen MR) is 143 cm³/mol. The molecule has 1 heterocycles. The summed E-state index contributed by atoms with van der Waals surface area (Å²) < 4.78 is 23.0. The van der Waals surface area contributed by atoms with Crippen LogP contribution in [0.3, 0.4) is 0 Å². The average Bonchev–Trinajstić information content (AvgIpc) is 3.17. The molecule has 1 saturated heterocycles. The van der Waals surface area contributed by atoms with Gasteiger partial charge in [0.1, 0.15) is 19.0 Å². The van der Waals surface area contributed by atoms with Crippen LogP contribution in [0.2, 0.25) is 0 Å². The molecule has 4 rings (SSSR count). The van der Waals surface area contributed by atoms with Gasteiger partial charge in [-0.05, 0) is 48.0 Å². The van der Waals surface area contributed by atoms with Crippen LogP contribution in [0.15, 0.2) is 83.8 Å². The van der Waals surface area contributed by atoms with Crippen LogP contribution in [0, 0.1) is 0 Å². The number of rotatable bonds is 11. The predicted octanol–water partition coefficient (Wildman–Crippen LogP) is 5.58. The molecule has 0 radical (unpaired) electrons. The molecule has 1 aliphatic rings. The molecule has 1 amide bonds. The third-order valence-corrected chi connectivity index (χ3v) is 6.32. The van der Waals surface area contributed by atoms with Gasteiger partial charge in [-0.25, -0.2) is 0 Å². The van der Waals surface area contributed by atoms with Crippen molar-refractivity contribution in [3.63, 3.8) is 0 Å². The van der Waals surface area contributed by atoms with Crippen molar-refractivity contribution in [2.75, 3.05) is 38.4 Å². The number of thiocarbonyl (C=S) groups is 1. The molecule has 0 atom stereocenters. The second-order valence-electron chi connectivity index (χ2n) is 7.39. The Kier molecular flexibility index (Phi) is 8.78. The minimum atomic E-state index is -0.140. The third kappa shape index (κ3) is 6.63. The molecule has 0 aliphatic carbocycles. The lowest BCUT2D eigenvalue weighted by atomic mass is 10.2. The number of carbonyl (C=O) groups excluding carboxylic acids is 1. The van der Waals surface area contributed by atoms with Crippen LogP contribution in [-0.4, -0.2) is 43.8 Å². The summed E-state index contributed by atoms with van der Waals surface area (Å²) >= 11 is 6.72. The lowest BCUT2D eigenvalue weighted by molar-refractivity contribution is -0.113. The molecule has 3 aromatic rings. The van der Waals surface area contributed by atoms with Crippen LogP contribution in [0.25, 0.3) is 6.08 Å². The van der Waals surface area contributed by atoms with Crippen LogP contribution in [0.1, 0.15) is 5.56 Å². The molecule has 35 heavy (non-hydrogen) atoms. The Morgan fingerprint density at radius 2 is 1.54 bits per heavy atom. The third-order valence-electron chi connectivity index (χ3n) is 5.02. The first-order chi connectivity index (χ1) is 17.2. The highest BCUT2D eigenvalue weighted by Crippen LogP contribution is 2.37. The summed E-state index contributed by atoms with van der Waals surface area (Å²) in [5, 5.41) is 0. The summed E-state index contributed by atoms with van der Waals surface area (Å²) in [6, 6.07) is 24.5. The maximum absolute atomic E-state index is 12.9. The van der Waals surface area contributed by atoms with Crippen LogP contribution in [-0.2, 0) is 9.53 Å². The average molecular weight is 508 g/mol. The van der Waals surface area contributed by atoms with Gasteiger partial charge in [0.25, 0.3) is 5.91 Å². The summed E-state index contributed by atoms with van der Waals surface area (Å²) in [4.78, 5) is 15.0. The van der Waals surface area contributed by atoms with Crippen LogP contribution >= 0.6 is 24.0 Å². The summed E-state index contributed by atoms with van der Waals surface area (Å²) in [7, 11) is 1.58. The molecule has 180 valence electrons. The van der Waals surface area contributed by atoms with Gasteiger partial charge in [-0.1, -0.05) is 66.4 Å². The fourth-order valence-electron chi connectivity index (χ4n) is 3.36. The van der Waals surface area contributed by atoms with E-state index in [0.29, 0.717) is 47.2 Å². The zero-order valence-corrected chi connectivity index (χ0v) is 20.8. The van der Waals surface area contributed by atoms with Crippen molar-refractivity contribution in [3.05, 3.63) is 89.3 Å². The minimum Gasteiger partial charge on any atom is -0.493 e. The molecule has 3 aromatic carbocycles. The van der Waals surface area contributed by atoms with E-state index < -0.39 is 0 Å². The van der Waals surface area contributed by atoms with E-state index in [2.05, 4.69) is 0 Å². The number of carbonyl (C=O) groups is 1. The smallest absolute Gasteiger partial charge is 0.270 e. The number of nitrogens with zero attached hydrogens (tertiary/aromatic N) is 1. The zero-order valence-electron chi connectivity index (χ0n) is 19.2. The SMILES string of the molecule is COc1cc(/C=C2/SC(=S)N(c3ccccc3)C2=O)ccc1OCCOCCOc1ccccc1. The molecule has 0 unspecified atom stereocenters. The van der Waals surface area contributed by atoms with Gasteiger partial charge in [-0.2, -0.15) is 0 Å². The molecule has 1 fully saturated rings. The van der Waals surface area contributed by atoms with Gasteiger partial charge in [0.2, 0.25) is 0 Å². The van der Waals surface area contributed by atoms with E-state index in [1.54, 1.807) is 12.0 Å². The Balaban J connectivity index is 1.29. The summed E-state index contributed by atoms with van der Waals surface area (Å²) in [5.41, 5.74) is 1.57. The van der Waals surface area contributed by atoms with Crippen molar-refractivity contribution in [3.8, 4) is 17.2 Å². The van der Waals surface area contributed by atoms with Crippen molar-refractivity contribution in [1.82, 2.24) is 0 Å².